The number of benzene rings is 2. The zero-order chi connectivity index (χ0) is 24.0. The van der Waals surface area contributed by atoms with Crippen molar-refractivity contribution in [2.24, 2.45) is 10.2 Å². The molecule has 35 heavy (non-hydrogen) atoms. The van der Waals surface area contributed by atoms with Crippen molar-refractivity contribution in [2.75, 3.05) is 10.6 Å². The molecule has 3 heterocycles. The Balaban J connectivity index is 1.50. The number of hydrogen-bond donors (Lipinski definition) is 2. The standard InChI is InChI=1S/C25H21N9O/c26-23-29-24(33-32-22-20-10-2-1-7-17(20)11-12-21(22)35)31-25(30-23)34(15-18-8-3-5-13-27-18)16-19-9-4-6-14-28-19/h1-14,35H,15-16H2,(H2,26,29,30,31)/b33-32+. The molecule has 0 saturated heterocycles. The predicted molar refractivity (Wildman–Crippen MR) is 132 cm³/mol. The minimum atomic E-state index is -0.00173. The number of pyridine rings is 2. The second kappa shape index (κ2) is 9.87. The van der Waals surface area contributed by atoms with Crippen LogP contribution in [-0.4, -0.2) is 30.0 Å². The number of rotatable bonds is 7. The SMILES string of the molecule is Nc1nc(/N=N/c2c(O)ccc3ccccc23)nc(N(Cc2ccccn2)Cc2ccccn2)n1. The Hall–Kier alpha value is -4.99. The molecule has 0 aliphatic carbocycles. The van der Waals surface area contributed by atoms with E-state index < -0.39 is 0 Å². The van der Waals surface area contributed by atoms with Crippen molar-refractivity contribution in [1.82, 2.24) is 24.9 Å². The molecule has 0 unspecified atom stereocenters. The van der Waals surface area contributed by atoms with E-state index in [-0.39, 0.29) is 17.6 Å². The predicted octanol–water partition coefficient (Wildman–Crippen LogP) is 4.72. The topological polar surface area (TPSA) is 139 Å². The number of aromatic hydroxyl groups is 1. The highest BCUT2D eigenvalue weighted by molar-refractivity contribution is 5.95. The summed E-state index contributed by atoms with van der Waals surface area (Å²) < 4.78 is 0. The van der Waals surface area contributed by atoms with Gasteiger partial charge in [-0.1, -0.05) is 42.5 Å². The van der Waals surface area contributed by atoms with Gasteiger partial charge in [0, 0.05) is 17.8 Å². The Bertz CT molecular complexity index is 1440. The lowest BCUT2D eigenvalue weighted by Crippen LogP contribution is -2.25. The summed E-state index contributed by atoms with van der Waals surface area (Å²) in [5, 5.41) is 20.4. The Morgan fingerprint density at radius 1 is 0.743 bits per heavy atom. The molecule has 172 valence electrons. The summed E-state index contributed by atoms with van der Waals surface area (Å²) in [6.45, 7) is 0.836. The number of aromatic nitrogens is 5. The lowest BCUT2D eigenvalue weighted by atomic mass is 10.1. The third kappa shape index (κ3) is 5.17. The number of azo groups is 1. The molecule has 10 nitrogen and oxygen atoms in total. The number of hydrogen-bond acceptors (Lipinski definition) is 10. The average Bonchev–Trinajstić information content (AvgIpc) is 2.89. The van der Waals surface area contributed by atoms with Gasteiger partial charge in [0.05, 0.1) is 24.5 Å². The number of nitrogen functional groups attached to an aromatic ring is 1. The summed E-state index contributed by atoms with van der Waals surface area (Å²) in [6.07, 6.45) is 3.46. The quantitative estimate of drug-likeness (QED) is 0.330. The van der Waals surface area contributed by atoms with Gasteiger partial charge in [0.25, 0.3) is 5.95 Å². The van der Waals surface area contributed by atoms with Gasteiger partial charge in [-0.2, -0.15) is 15.0 Å². The molecule has 2 aromatic carbocycles. The molecule has 5 rings (SSSR count). The van der Waals surface area contributed by atoms with Crippen molar-refractivity contribution in [3.8, 4) is 5.75 Å². The molecular formula is C25H21N9O. The van der Waals surface area contributed by atoms with E-state index in [1.54, 1.807) is 18.5 Å². The molecule has 10 heteroatoms. The van der Waals surface area contributed by atoms with Crippen LogP contribution in [0.4, 0.5) is 23.5 Å². The molecule has 0 spiro atoms. The van der Waals surface area contributed by atoms with Gasteiger partial charge in [-0.15, -0.1) is 10.2 Å². The Morgan fingerprint density at radius 2 is 1.43 bits per heavy atom. The van der Waals surface area contributed by atoms with Crippen molar-refractivity contribution < 1.29 is 5.11 Å². The fourth-order valence-electron chi connectivity index (χ4n) is 3.57. The van der Waals surface area contributed by atoms with Crippen LogP contribution < -0.4 is 10.6 Å². The highest BCUT2D eigenvalue weighted by Crippen LogP contribution is 2.35. The van der Waals surface area contributed by atoms with E-state index in [9.17, 15) is 5.11 Å². The third-order valence-electron chi connectivity index (χ3n) is 5.19. The zero-order valence-corrected chi connectivity index (χ0v) is 18.6. The van der Waals surface area contributed by atoms with Crippen LogP contribution in [0.25, 0.3) is 10.8 Å². The molecule has 0 radical (unpaired) electrons. The summed E-state index contributed by atoms with van der Waals surface area (Å²) in [5.74, 6) is 0.330. The number of nitrogens with zero attached hydrogens (tertiary/aromatic N) is 8. The van der Waals surface area contributed by atoms with E-state index in [1.165, 1.54) is 0 Å². The molecule has 0 amide bonds. The molecular weight excluding hydrogens is 442 g/mol. The fraction of sp³-hybridized carbons (Fsp3) is 0.0800. The van der Waals surface area contributed by atoms with Gasteiger partial charge >= 0.3 is 0 Å². The number of phenols is 1. The minimum absolute atomic E-state index is 0.00151. The molecule has 3 N–H and O–H groups in total. The van der Waals surface area contributed by atoms with Gasteiger partial charge in [-0.05, 0) is 35.7 Å². The van der Waals surface area contributed by atoms with Crippen molar-refractivity contribution in [1.29, 1.82) is 0 Å². The van der Waals surface area contributed by atoms with Crippen molar-refractivity contribution in [3.63, 3.8) is 0 Å². The molecule has 0 saturated carbocycles. The normalized spacial score (nSPS) is 11.2. The van der Waals surface area contributed by atoms with E-state index in [0.717, 1.165) is 22.2 Å². The molecule has 3 aromatic heterocycles. The van der Waals surface area contributed by atoms with Crippen molar-refractivity contribution in [2.45, 2.75) is 13.1 Å². The molecule has 0 aliphatic heterocycles. The van der Waals surface area contributed by atoms with E-state index >= 15 is 0 Å². The summed E-state index contributed by atoms with van der Waals surface area (Å²) in [4.78, 5) is 23.6. The van der Waals surface area contributed by atoms with E-state index in [1.807, 2.05) is 71.6 Å². The lowest BCUT2D eigenvalue weighted by Gasteiger charge is -2.22. The number of fused-ring (bicyclic) bond motifs is 1. The van der Waals surface area contributed by atoms with Gasteiger partial charge < -0.3 is 15.7 Å². The zero-order valence-electron chi connectivity index (χ0n) is 18.6. The Morgan fingerprint density at radius 3 is 2.11 bits per heavy atom. The van der Waals surface area contributed by atoms with Crippen LogP contribution in [0.1, 0.15) is 11.4 Å². The first-order chi connectivity index (χ1) is 17.2. The van der Waals surface area contributed by atoms with Crippen LogP contribution in [0.3, 0.4) is 0 Å². The van der Waals surface area contributed by atoms with Crippen LogP contribution in [-0.2, 0) is 13.1 Å². The van der Waals surface area contributed by atoms with E-state index in [4.69, 9.17) is 5.73 Å². The molecule has 0 aliphatic rings. The summed E-state index contributed by atoms with van der Waals surface area (Å²) in [5.41, 5.74) is 7.97. The maximum Gasteiger partial charge on any atom is 0.275 e. The monoisotopic (exact) mass is 463 g/mol. The first-order valence-corrected chi connectivity index (χ1v) is 10.8. The summed E-state index contributed by atoms with van der Waals surface area (Å²) in [7, 11) is 0. The van der Waals surface area contributed by atoms with Crippen LogP contribution in [0.2, 0.25) is 0 Å². The Labute approximate surface area is 200 Å². The largest absolute Gasteiger partial charge is 0.506 e. The van der Waals surface area contributed by atoms with Crippen molar-refractivity contribution in [3.05, 3.63) is 96.6 Å². The molecule has 0 bridgehead atoms. The Kier molecular flexibility index (Phi) is 6.16. The third-order valence-corrected chi connectivity index (χ3v) is 5.19. The van der Waals surface area contributed by atoms with Crippen LogP contribution in [0.5, 0.6) is 5.75 Å². The lowest BCUT2D eigenvalue weighted by molar-refractivity contribution is 0.477. The maximum absolute atomic E-state index is 10.4. The number of nitrogens with two attached hydrogens (primary N) is 1. The van der Waals surface area contributed by atoms with Crippen molar-refractivity contribution >= 4 is 34.3 Å². The summed E-state index contributed by atoms with van der Waals surface area (Å²) >= 11 is 0. The van der Waals surface area contributed by atoms with Gasteiger partial charge in [0.15, 0.2) is 0 Å². The van der Waals surface area contributed by atoms with Gasteiger partial charge in [0.1, 0.15) is 11.4 Å². The second-order valence-corrected chi connectivity index (χ2v) is 7.65. The second-order valence-electron chi connectivity index (χ2n) is 7.65. The van der Waals surface area contributed by atoms with E-state index in [0.29, 0.717) is 24.7 Å². The van der Waals surface area contributed by atoms with E-state index in [2.05, 4.69) is 35.1 Å². The average molecular weight is 464 g/mol. The van der Waals surface area contributed by atoms with Gasteiger partial charge in [0.2, 0.25) is 11.9 Å². The summed E-state index contributed by atoms with van der Waals surface area (Å²) in [6, 6.07) is 22.3. The van der Waals surface area contributed by atoms with Crippen LogP contribution in [0.15, 0.2) is 95.4 Å². The number of phenolic OH excluding ortho intramolecular Hbond substituents is 1. The maximum atomic E-state index is 10.4. The molecule has 5 aromatic rings. The fourth-order valence-corrected chi connectivity index (χ4v) is 3.57. The van der Waals surface area contributed by atoms with Gasteiger partial charge in [-0.25, -0.2) is 0 Å². The number of anilines is 2. The highest BCUT2D eigenvalue weighted by Gasteiger charge is 2.16. The van der Waals surface area contributed by atoms with Gasteiger partial charge in [-0.3, -0.25) is 9.97 Å². The first kappa shape index (κ1) is 21.8. The minimum Gasteiger partial charge on any atom is -0.506 e. The highest BCUT2D eigenvalue weighted by atomic mass is 16.3. The molecule has 0 fully saturated rings. The van der Waals surface area contributed by atoms with Crippen LogP contribution in [0, 0.1) is 0 Å². The smallest absolute Gasteiger partial charge is 0.275 e. The molecule has 0 atom stereocenters. The first-order valence-electron chi connectivity index (χ1n) is 10.8. The van der Waals surface area contributed by atoms with Crippen LogP contribution >= 0.6 is 0 Å².